The molecule has 0 amide bonds. The Kier molecular flexibility index (Phi) is 3.61. The van der Waals surface area contributed by atoms with E-state index in [4.69, 9.17) is 24.7 Å². The number of aliphatic hydroxyl groups excluding tert-OH is 1. The Bertz CT molecular complexity index is 333. The number of aliphatic hydroxyl groups is 1. The van der Waals surface area contributed by atoms with Crippen molar-refractivity contribution in [3.8, 4) is 0 Å². The first kappa shape index (κ1) is 13.7. The molecule has 2 fully saturated rings. The first-order chi connectivity index (χ1) is 8.30. The highest BCUT2D eigenvalue weighted by Gasteiger charge is 2.51. The Hall–Kier alpha value is -0.730. The second-order valence-electron chi connectivity index (χ2n) is 5.01. The zero-order valence-electron chi connectivity index (χ0n) is 10.7. The van der Waals surface area contributed by atoms with Gasteiger partial charge in [-0.2, -0.15) is 0 Å². The maximum Gasteiger partial charge on any atom is 0.303 e. The van der Waals surface area contributed by atoms with Crippen LogP contribution < -0.4 is 5.73 Å². The van der Waals surface area contributed by atoms with E-state index >= 15 is 0 Å². The summed E-state index contributed by atoms with van der Waals surface area (Å²) in [5.41, 5.74) is 5.79. The molecule has 2 aliphatic rings. The van der Waals surface area contributed by atoms with Gasteiger partial charge in [-0.1, -0.05) is 0 Å². The van der Waals surface area contributed by atoms with Crippen LogP contribution in [0.1, 0.15) is 20.8 Å². The van der Waals surface area contributed by atoms with E-state index in [1.165, 1.54) is 6.92 Å². The van der Waals surface area contributed by atoms with Gasteiger partial charge in [-0.3, -0.25) is 4.79 Å². The number of esters is 1. The number of fused-ring (bicyclic) bond motifs is 1. The van der Waals surface area contributed by atoms with E-state index in [0.29, 0.717) is 0 Å². The number of rotatable bonds is 1. The molecule has 2 saturated heterocycles. The van der Waals surface area contributed by atoms with Crippen molar-refractivity contribution in [2.24, 2.45) is 5.73 Å². The van der Waals surface area contributed by atoms with E-state index in [2.05, 4.69) is 0 Å². The van der Waals surface area contributed by atoms with Crippen LogP contribution in [0.3, 0.4) is 0 Å². The van der Waals surface area contributed by atoms with Crippen molar-refractivity contribution in [2.45, 2.75) is 57.2 Å². The van der Waals surface area contributed by atoms with E-state index in [-0.39, 0.29) is 6.61 Å². The highest BCUT2D eigenvalue weighted by molar-refractivity contribution is 5.66. The molecule has 3 N–H and O–H groups in total. The van der Waals surface area contributed by atoms with Crippen molar-refractivity contribution < 1.29 is 28.8 Å². The van der Waals surface area contributed by atoms with Crippen molar-refractivity contribution in [1.29, 1.82) is 0 Å². The Balaban J connectivity index is 2.18. The van der Waals surface area contributed by atoms with Gasteiger partial charge >= 0.3 is 5.97 Å². The van der Waals surface area contributed by atoms with E-state index in [1.54, 1.807) is 13.8 Å². The van der Waals surface area contributed by atoms with Crippen LogP contribution in [0, 0.1) is 0 Å². The largest absolute Gasteiger partial charge is 0.458 e. The zero-order valence-corrected chi connectivity index (χ0v) is 10.7. The van der Waals surface area contributed by atoms with Gasteiger partial charge < -0.3 is 29.8 Å². The summed E-state index contributed by atoms with van der Waals surface area (Å²) in [4.78, 5) is 11.1. The number of nitrogens with two attached hydrogens (primary N) is 1. The monoisotopic (exact) mass is 261 g/mol. The van der Waals surface area contributed by atoms with Gasteiger partial charge in [0.05, 0.1) is 12.6 Å². The minimum atomic E-state index is -1.20. The molecule has 5 atom stereocenters. The summed E-state index contributed by atoms with van der Waals surface area (Å²) in [6.45, 7) is 5.04. The standard InChI is InChI=1S/C11H19NO6/c1-5(13)16-9-7(12)10(14)17-6-4-15-11(2,3)18-8(6)9/h6-10,14H,4,12H2,1-3H3/t6?,7?,8-,9?,10-/m1/s1. The fourth-order valence-electron chi connectivity index (χ4n) is 2.20. The van der Waals surface area contributed by atoms with Gasteiger partial charge in [0.1, 0.15) is 12.2 Å². The Morgan fingerprint density at radius 1 is 1.50 bits per heavy atom. The molecule has 0 radical (unpaired) electrons. The van der Waals surface area contributed by atoms with Gasteiger partial charge in [0, 0.05) is 6.92 Å². The van der Waals surface area contributed by atoms with Crippen LogP contribution in [0.4, 0.5) is 0 Å². The Morgan fingerprint density at radius 2 is 2.17 bits per heavy atom. The zero-order chi connectivity index (χ0) is 13.5. The molecule has 7 nitrogen and oxygen atoms in total. The summed E-state index contributed by atoms with van der Waals surface area (Å²) in [6, 6.07) is -0.843. The molecule has 3 unspecified atom stereocenters. The van der Waals surface area contributed by atoms with Crippen LogP contribution in [-0.4, -0.2) is 54.1 Å². The minimum absolute atomic E-state index is 0.249. The summed E-state index contributed by atoms with van der Waals surface area (Å²) < 4.78 is 21.6. The quantitative estimate of drug-likeness (QED) is 0.591. The average molecular weight is 261 g/mol. The molecule has 104 valence electrons. The number of ether oxygens (including phenoxy) is 4. The highest BCUT2D eigenvalue weighted by atomic mass is 16.7. The molecule has 2 rings (SSSR count). The molecule has 0 aromatic heterocycles. The van der Waals surface area contributed by atoms with E-state index in [1.807, 2.05) is 0 Å². The summed E-state index contributed by atoms with van der Waals surface area (Å²) in [6.07, 6.45) is -3.00. The van der Waals surface area contributed by atoms with Crippen molar-refractivity contribution in [3.63, 3.8) is 0 Å². The molecule has 0 bridgehead atoms. The second-order valence-corrected chi connectivity index (χ2v) is 5.01. The predicted molar refractivity (Wildman–Crippen MR) is 59.3 cm³/mol. The Labute approximate surface area is 105 Å². The van der Waals surface area contributed by atoms with E-state index < -0.39 is 42.4 Å². The fraction of sp³-hybridized carbons (Fsp3) is 0.909. The molecule has 0 aliphatic carbocycles. The molecule has 18 heavy (non-hydrogen) atoms. The smallest absolute Gasteiger partial charge is 0.303 e. The number of carbonyl (C=O) groups excluding carboxylic acids is 1. The molecule has 0 saturated carbocycles. The SMILES string of the molecule is CC(=O)OC1C(N)[C@H](O)OC2COC(C)(C)O[C@H]21. The maximum absolute atomic E-state index is 11.1. The topological polar surface area (TPSA) is 100 Å². The predicted octanol–water partition coefficient (Wildman–Crippen LogP) is -0.886. The molecular weight excluding hydrogens is 242 g/mol. The molecule has 0 spiro atoms. The van der Waals surface area contributed by atoms with Crippen molar-refractivity contribution in [3.05, 3.63) is 0 Å². The number of carbonyl (C=O) groups is 1. The molecule has 2 aliphatic heterocycles. The van der Waals surface area contributed by atoms with E-state index in [0.717, 1.165) is 0 Å². The fourth-order valence-corrected chi connectivity index (χ4v) is 2.20. The third-order valence-electron chi connectivity index (χ3n) is 3.03. The molecule has 2 heterocycles. The van der Waals surface area contributed by atoms with Crippen LogP contribution in [0.15, 0.2) is 0 Å². The van der Waals surface area contributed by atoms with Crippen LogP contribution in [0.2, 0.25) is 0 Å². The molecular formula is C11H19NO6. The van der Waals surface area contributed by atoms with Gasteiger partial charge in [-0.15, -0.1) is 0 Å². The number of hydrogen-bond donors (Lipinski definition) is 2. The lowest BCUT2D eigenvalue weighted by Gasteiger charge is -2.48. The molecule has 0 aromatic carbocycles. The molecule has 7 heteroatoms. The van der Waals surface area contributed by atoms with Crippen molar-refractivity contribution in [1.82, 2.24) is 0 Å². The number of hydrogen-bond acceptors (Lipinski definition) is 7. The van der Waals surface area contributed by atoms with Crippen molar-refractivity contribution >= 4 is 5.97 Å². The normalized spacial score (nSPS) is 43.1. The lowest BCUT2D eigenvalue weighted by Crippen LogP contribution is -2.67. The van der Waals surface area contributed by atoms with Gasteiger partial charge in [-0.25, -0.2) is 0 Å². The van der Waals surface area contributed by atoms with Gasteiger partial charge in [0.2, 0.25) is 0 Å². The van der Waals surface area contributed by atoms with Crippen LogP contribution in [0.5, 0.6) is 0 Å². The minimum Gasteiger partial charge on any atom is -0.458 e. The lowest BCUT2D eigenvalue weighted by atomic mass is 9.96. The van der Waals surface area contributed by atoms with Gasteiger partial charge in [0.15, 0.2) is 18.2 Å². The van der Waals surface area contributed by atoms with Crippen LogP contribution >= 0.6 is 0 Å². The van der Waals surface area contributed by atoms with Gasteiger partial charge in [-0.05, 0) is 13.8 Å². The average Bonchev–Trinajstić information content (AvgIpc) is 2.25. The molecule has 0 aromatic rings. The first-order valence-electron chi connectivity index (χ1n) is 5.88. The van der Waals surface area contributed by atoms with Crippen molar-refractivity contribution in [2.75, 3.05) is 6.61 Å². The summed E-state index contributed by atoms with van der Waals surface area (Å²) in [5, 5.41) is 9.68. The van der Waals surface area contributed by atoms with Crippen LogP contribution in [0.25, 0.3) is 0 Å². The highest BCUT2D eigenvalue weighted by Crippen LogP contribution is 2.32. The summed E-state index contributed by atoms with van der Waals surface area (Å²) in [5.74, 6) is -1.28. The van der Waals surface area contributed by atoms with Crippen LogP contribution in [-0.2, 0) is 23.7 Å². The second kappa shape index (κ2) is 4.75. The van der Waals surface area contributed by atoms with Gasteiger partial charge in [0.25, 0.3) is 0 Å². The van der Waals surface area contributed by atoms with E-state index in [9.17, 15) is 9.90 Å². The summed E-state index contributed by atoms with van der Waals surface area (Å²) in [7, 11) is 0. The first-order valence-corrected chi connectivity index (χ1v) is 5.88. The third kappa shape index (κ3) is 2.65. The summed E-state index contributed by atoms with van der Waals surface area (Å²) >= 11 is 0. The Morgan fingerprint density at radius 3 is 2.78 bits per heavy atom. The third-order valence-corrected chi connectivity index (χ3v) is 3.03. The maximum atomic E-state index is 11.1. The lowest BCUT2D eigenvalue weighted by molar-refractivity contribution is -0.363.